The molecule has 0 fully saturated rings. The number of aromatic amines is 1. The average Bonchev–Trinajstić information content (AvgIpc) is 3.07. The van der Waals surface area contributed by atoms with Gasteiger partial charge in [0.25, 0.3) is 5.56 Å². The molecule has 5 nitrogen and oxygen atoms in total. The third-order valence-electron chi connectivity index (χ3n) is 4.23. The van der Waals surface area contributed by atoms with Crippen LogP contribution in [0.4, 0.5) is 0 Å². The highest BCUT2D eigenvalue weighted by Gasteiger charge is 2.10. The first-order chi connectivity index (χ1) is 12.2. The Hall–Kier alpha value is -3.65. The predicted octanol–water partition coefficient (Wildman–Crippen LogP) is 3.48. The molecular formula is C20H14N4O. The molecule has 0 saturated heterocycles. The Morgan fingerprint density at radius 1 is 1.20 bits per heavy atom. The molecule has 0 bridgehead atoms. The van der Waals surface area contributed by atoms with Crippen LogP contribution >= 0.6 is 0 Å². The summed E-state index contributed by atoms with van der Waals surface area (Å²) in [5, 5.41) is 10.5. The van der Waals surface area contributed by atoms with Gasteiger partial charge in [-0.3, -0.25) is 4.79 Å². The van der Waals surface area contributed by atoms with Crippen molar-refractivity contribution in [2.45, 2.75) is 0 Å². The van der Waals surface area contributed by atoms with E-state index in [1.165, 1.54) is 0 Å². The SMILES string of the molecule is Cn1c(=O)c(/C=C(\C#N)c2nc3ccccc3[nH]2)cc2ccccc21. The second-order valence-electron chi connectivity index (χ2n) is 5.80. The van der Waals surface area contributed by atoms with Gasteiger partial charge < -0.3 is 9.55 Å². The molecule has 0 saturated carbocycles. The standard InChI is InChI=1S/C20H14N4O/c1-24-18-9-5-2-6-13(18)10-14(20(24)25)11-15(12-21)19-22-16-7-3-4-8-17(16)23-19/h2-11H,1H3,(H,22,23)/b15-11+. The first-order valence-electron chi connectivity index (χ1n) is 7.83. The molecule has 0 spiro atoms. The van der Waals surface area contributed by atoms with Crippen molar-refractivity contribution < 1.29 is 0 Å². The summed E-state index contributed by atoms with van der Waals surface area (Å²) in [6.45, 7) is 0. The highest BCUT2D eigenvalue weighted by molar-refractivity contribution is 5.92. The molecule has 120 valence electrons. The van der Waals surface area contributed by atoms with Crippen LogP contribution in [0, 0.1) is 11.3 Å². The van der Waals surface area contributed by atoms with Crippen LogP contribution in [0.5, 0.6) is 0 Å². The maximum atomic E-state index is 12.6. The molecule has 25 heavy (non-hydrogen) atoms. The summed E-state index contributed by atoms with van der Waals surface area (Å²) in [7, 11) is 1.73. The highest BCUT2D eigenvalue weighted by atomic mass is 16.1. The minimum atomic E-state index is -0.150. The van der Waals surface area contributed by atoms with Crippen molar-refractivity contribution in [1.82, 2.24) is 14.5 Å². The molecule has 0 atom stereocenters. The molecule has 5 heteroatoms. The van der Waals surface area contributed by atoms with Gasteiger partial charge in [-0.05, 0) is 35.7 Å². The molecule has 0 aliphatic rings. The summed E-state index contributed by atoms with van der Waals surface area (Å²) in [5.74, 6) is 0.457. The van der Waals surface area contributed by atoms with Gasteiger partial charge in [-0.15, -0.1) is 0 Å². The Morgan fingerprint density at radius 3 is 2.76 bits per heavy atom. The summed E-state index contributed by atoms with van der Waals surface area (Å²) in [5.41, 5.74) is 3.12. The first kappa shape index (κ1) is 14.9. The lowest BCUT2D eigenvalue weighted by Gasteiger charge is -2.06. The maximum Gasteiger partial charge on any atom is 0.258 e. The number of nitrogens with zero attached hydrogens (tertiary/aromatic N) is 3. The summed E-state index contributed by atoms with van der Waals surface area (Å²) in [4.78, 5) is 20.2. The smallest absolute Gasteiger partial charge is 0.258 e. The van der Waals surface area contributed by atoms with E-state index in [1.54, 1.807) is 23.8 Å². The molecule has 0 aliphatic heterocycles. The predicted molar refractivity (Wildman–Crippen MR) is 98.8 cm³/mol. The van der Waals surface area contributed by atoms with E-state index in [0.29, 0.717) is 17.0 Å². The number of para-hydroxylation sites is 3. The summed E-state index contributed by atoms with van der Waals surface area (Å²) in [6, 6.07) is 19.2. The van der Waals surface area contributed by atoms with Crippen molar-refractivity contribution in [1.29, 1.82) is 5.26 Å². The lowest BCUT2D eigenvalue weighted by Crippen LogP contribution is -2.19. The molecule has 4 rings (SSSR count). The second kappa shape index (κ2) is 5.77. The van der Waals surface area contributed by atoms with Crippen molar-refractivity contribution in [2.24, 2.45) is 7.05 Å². The number of allylic oxidation sites excluding steroid dienone is 1. The number of benzene rings is 2. The number of nitriles is 1. The van der Waals surface area contributed by atoms with Gasteiger partial charge in [-0.25, -0.2) is 4.98 Å². The van der Waals surface area contributed by atoms with E-state index in [2.05, 4.69) is 16.0 Å². The van der Waals surface area contributed by atoms with E-state index in [4.69, 9.17) is 0 Å². The fourth-order valence-electron chi connectivity index (χ4n) is 2.94. The van der Waals surface area contributed by atoms with Gasteiger partial charge in [0.2, 0.25) is 0 Å². The number of rotatable bonds is 2. The Kier molecular flexibility index (Phi) is 3.44. The fourth-order valence-corrected chi connectivity index (χ4v) is 2.94. The fraction of sp³-hybridized carbons (Fsp3) is 0.0500. The monoisotopic (exact) mass is 326 g/mol. The zero-order valence-electron chi connectivity index (χ0n) is 13.5. The van der Waals surface area contributed by atoms with Crippen molar-refractivity contribution in [3.05, 3.63) is 76.3 Å². The first-order valence-corrected chi connectivity index (χ1v) is 7.83. The Labute approximate surface area is 143 Å². The van der Waals surface area contributed by atoms with Crippen LogP contribution in [-0.4, -0.2) is 14.5 Å². The average molecular weight is 326 g/mol. The third kappa shape index (κ3) is 2.50. The largest absolute Gasteiger partial charge is 0.337 e. The number of hydrogen-bond acceptors (Lipinski definition) is 3. The topological polar surface area (TPSA) is 74.5 Å². The lowest BCUT2D eigenvalue weighted by molar-refractivity contribution is 0.903. The van der Waals surface area contributed by atoms with Crippen LogP contribution in [-0.2, 0) is 7.05 Å². The van der Waals surface area contributed by atoms with Crippen LogP contribution in [0.3, 0.4) is 0 Å². The van der Waals surface area contributed by atoms with Crippen molar-refractivity contribution in [2.75, 3.05) is 0 Å². The number of pyridine rings is 1. The van der Waals surface area contributed by atoms with Crippen LogP contribution in [0.25, 0.3) is 33.6 Å². The number of imidazole rings is 1. The van der Waals surface area contributed by atoms with Crippen LogP contribution < -0.4 is 5.56 Å². The normalized spacial score (nSPS) is 11.8. The maximum absolute atomic E-state index is 12.6. The number of H-pyrrole nitrogens is 1. The minimum absolute atomic E-state index is 0.150. The molecule has 1 N–H and O–H groups in total. The van der Waals surface area contributed by atoms with E-state index >= 15 is 0 Å². The number of fused-ring (bicyclic) bond motifs is 2. The Balaban J connectivity index is 1.91. The van der Waals surface area contributed by atoms with Gasteiger partial charge in [-0.1, -0.05) is 30.3 Å². The van der Waals surface area contributed by atoms with E-state index in [-0.39, 0.29) is 5.56 Å². The van der Waals surface area contributed by atoms with Crippen LogP contribution in [0.15, 0.2) is 59.4 Å². The quantitative estimate of drug-likeness (QED) is 0.573. The molecule has 2 aromatic carbocycles. The third-order valence-corrected chi connectivity index (χ3v) is 4.23. The zero-order valence-corrected chi connectivity index (χ0v) is 13.5. The Bertz CT molecular complexity index is 1210. The van der Waals surface area contributed by atoms with Crippen LogP contribution in [0.1, 0.15) is 11.4 Å². The highest BCUT2D eigenvalue weighted by Crippen LogP contribution is 2.20. The number of aryl methyl sites for hydroxylation is 1. The minimum Gasteiger partial charge on any atom is -0.337 e. The number of nitrogens with one attached hydrogen (secondary N) is 1. The zero-order chi connectivity index (χ0) is 17.4. The van der Waals surface area contributed by atoms with Crippen molar-refractivity contribution in [3.63, 3.8) is 0 Å². The number of aromatic nitrogens is 3. The van der Waals surface area contributed by atoms with Crippen molar-refractivity contribution in [3.8, 4) is 6.07 Å². The van der Waals surface area contributed by atoms with Gasteiger partial charge in [0.15, 0.2) is 0 Å². The molecule has 2 aromatic heterocycles. The summed E-state index contributed by atoms with van der Waals surface area (Å²) >= 11 is 0. The van der Waals surface area contributed by atoms with Gasteiger partial charge >= 0.3 is 0 Å². The summed E-state index contributed by atoms with van der Waals surface area (Å²) < 4.78 is 1.59. The molecule has 0 unspecified atom stereocenters. The van der Waals surface area contributed by atoms with Gasteiger partial charge in [0.1, 0.15) is 11.9 Å². The molecule has 0 amide bonds. The number of hydrogen-bond donors (Lipinski definition) is 1. The molecule has 4 aromatic rings. The second-order valence-corrected chi connectivity index (χ2v) is 5.80. The van der Waals surface area contributed by atoms with E-state index in [0.717, 1.165) is 21.9 Å². The molecule has 0 aliphatic carbocycles. The Morgan fingerprint density at radius 2 is 1.96 bits per heavy atom. The van der Waals surface area contributed by atoms with Gasteiger partial charge in [-0.2, -0.15) is 5.26 Å². The van der Waals surface area contributed by atoms with E-state index < -0.39 is 0 Å². The lowest BCUT2D eigenvalue weighted by atomic mass is 10.1. The van der Waals surface area contributed by atoms with Gasteiger partial charge in [0, 0.05) is 12.6 Å². The van der Waals surface area contributed by atoms with Crippen LogP contribution in [0.2, 0.25) is 0 Å². The molecule has 0 radical (unpaired) electrons. The van der Waals surface area contributed by atoms with E-state index in [9.17, 15) is 10.1 Å². The van der Waals surface area contributed by atoms with Crippen molar-refractivity contribution >= 4 is 33.6 Å². The summed E-state index contributed by atoms with van der Waals surface area (Å²) in [6.07, 6.45) is 1.59. The molecule has 2 heterocycles. The van der Waals surface area contributed by atoms with Gasteiger partial charge in [0.05, 0.1) is 22.1 Å². The van der Waals surface area contributed by atoms with E-state index in [1.807, 2.05) is 48.5 Å². The molecular weight excluding hydrogens is 312 g/mol.